The number of benzene rings is 2. The zero-order chi connectivity index (χ0) is 13.9. The normalized spacial score (nSPS) is 13.8. The van der Waals surface area contributed by atoms with Crippen LogP contribution in [-0.4, -0.2) is 18.9 Å². The van der Waals surface area contributed by atoms with Gasteiger partial charge in [0.15, 0.2) is 0 Å². The molecule has 3 rings (SSSR count). The maximum atomic E-state index is 14.1. The van der Waals surface area contributed by atoms with Crippen LogP contribution in [0.4, 0.5) is 4.39 Å². The van der Waals surface area contributed by atoms with Crippen LogP contribution in [0.15, 0.2) is 51.9 Å². The molecule has 0 spiro atoms. The SMILES string of the molecule is Fc1cccc(Oc2ccc(Br)cc2)c1C1=NCCN1. The van der Waals surface area contributed by atoms with Crippen LogP contribution in [0.1, 0.15) is 5.56 Å². The lowest BCUT2D eigenvalue weighted by atomic mass is 10.1. The highest BCUT2D eigenvalue weighted by atomic mass is 79.9. The van der Waals surface area contributed by atoms with E-state index >= 15 is 0 Å². The molecule has 1 heterocycles. The molecule has 0 radical (unpaired) electrons. The van der Waals surface area contributed by atoms with Crippen LogP contribution in [0, 0.1) is 5.82 Å². The average Bonchev–Trinajstić information content (AvgIpc) is 2.95. The highest BCUT2D eigenvalue weighted by Crippen LogP contribution is 2.28. The van der Waals surface area contributed by atoms with Gasteiger partial charge in [-0.1, -0.05) is 22.0 Å². The molecule has 0 aromatic heterocycles. The van der Waals surface area contributed by atoms with Crippen molar-refractivity contribution in [1.29, 1.82) is 0 Å². The summed E-state index contributed by atoms with van der Waals surface area (Å²) in [5.74, 6) is 1.32. The molecule has 3 nitrogen and oxygen atoms in total. The Morgan fingerprint density at radius 3 is 2.65 bits per heavy atom. The zero-order valence-corrected chi connectivity index (χ0v) is 12.2. The van der Waals surface area contributed by atoms with E-state index in [4.69, 9.17) is 4.74 Å². The van der Waals surface area contributed by atoms with Crippen LogP contribution in [0.2, 0.25) is 0 Å². The molecule has 1 aliphatic heterocycles. The molecule has 0 saturated carbocycles. The lowest BCUT2D eigenvalue weighted by Gasteiger charge is -2.12. The van der Waals surface area contributed by atoms with Gasteiger partial charge in [-0.2, -0.15) is 0 Å². The Morgan fingerprint density at radius 1 is 1.15 bits per heavy atom. The third-order valence-electron chi connectivity index (χ3n) is 2.93. The number of nitrogens with zero attached hydrogens (tertiary/aromatic N) is 1. The Labute approximate surface area is 124 Å². The van der Waals surface area contributed by atoms with Gasteiger partial charge >= 0.3 is 0 Å². The maximum absolute atomic E-state index is 14.1. The summed E-state index contributed by atoms with van der Waals surface area (Å²) in [6.07, 6.45) is 0. The lowest BCUT2D eigenvalue weighted by Crippen LogP contribution is -2.21. The van der Waals surface area contributed by atoms with Crippen molar-refractivity contribution >= 4 is 21.8 Å². The van der Waals surface area contributed by atoms with Crippen molar-refractivity contribution in [3.8, 4) is 11.5 Å². The standard InChI is InChI=1S/C15H12BrFN2O/c16-10-4-6-11(7-5-10)20-13-3-1-2-12(17)14(13)15-18-8-9-19-15/h1-7H,8-9H2,(H,18,19). The molecule has 0 unspecified atom stereocenters. The molecule has 1 N–H and O–H groups in total. The van der Waals surface area contributed by atoms with Crippen LogP contribution < -0.4 is 10.1 Å². The van der Waals surface area contributed by atoms with E-state index in [9.17, 15) is 4.39 Å². The minimum absolute atomic E-state index is 0.340. The number of hydrogen-bond donors (Lipinski definition) is 1. The molecule has 2 aromatic carbocycles. The highest BCUT2D eigenvalue weighted by molar-refractivity contribution is 9.10. The Hall–Kier alpha value is -1.88. The molecule has 0 fully saturated rings. The van der Waals surface area contributed by atoms with Crippen LogP contribution in [-0.2, 0) is 0 Å². The summed E-state index contributed by atoms with van der Waals surface area (Å²) in [5, 5.41) is 3.07. The fourth-order valence-corrected chi connectivity index (χ4v) is 2.28. The molecule has 0 saturated heterocycles. The molecule has 0 bridgehead atoms. The summed E-state index contributed by atoms with van der Waals surface area (Å²) >= 11 is 3.37. The van der Waals surface area contributed by atoms with Crippen molar-refractivity contribution in [2.75, 3.05) is 13.1 Å². The molecule has 5 heteroatoms. The summed E-state index contributed by atoms with van der Waals surface area (Å²) in [4.78, 5) is 4.26. The second-order valence-electron chi connectivity index (χ2n) is 4.33. The molecule has 20 heavy (non-hydrogen) atoms. The van der Waals surface area contributed by atoms with E-state index < -0.39 is 0 Å². The molecule has 1 aliphatic rings. The Morgan fingerprint density at radius 2 is 1.95 bits per heavy atom. The predicted molar refractivity (Wildman–Crippen MR) is 80.0 cm³/mol. The Kier molecular flexibility index (Phi) is 3.69. The number of rotatable bonds is 3. The van der Waals surface area contributed by atoms with Crippen molar-refractivity contribution < 1.29 is 9.13 Å². The molecule has 102 valence electrons. The van der Waals surface area contributed by atoms with E-state index in [1.54, 1.807) is 12.1 Å². The fraction of sp³-hybridized carbons (Fsp3) is 0.133. The molecular formula is C15H12BrFN2O. The van der Waals surface area contributed by atoms with Crippen LogP contribution >= 0.6 is 15.9 Å². The van der Waals surface area contributed by atoms with Gasteiger partial charge in [0.2, 0.25) is 0 Å². The monoisotopic (exact) mass is 334 g/mol. The molecule has 0 aliphatic carbocycles. The van der Waals surface area contributed by atoms with Crippen molar-refractivity contribution in [3.05, 3.63) is 58.3 Å². The number of amidine groups is 1. The van der Waals surface area contributed by atoms with Crippen LogP contribution in [0.3, 0.4) is 0 Å². The number of aliphatic imine (C=N–C) groups is 1. The summed E-state index contributed by atoms with van der Waals surface area (Å²) in [6, 6.07) is 12.2. The van der Waals surface area contributed by atoms with E-state index in [2.05, 4.69) is 26.2 Å². The summed E-state index contributed by atoms with van der Waals surface area (Å²) in [5.41, 5.74) is 0.382. The third kappa shape index (κ3) is 2.67. The topological polar surface area (TPSA) is 33.6 Å². The van der Waals surface area contributed by atoms with Crippen LogP contribution in [0.5, 0.6) is 11.5 Å². The second-order valence-corrected chi connectivity index (χ2v) is 5.24. The number of nitrogens with one attached hydrogen (secondary N) is 1. The predicted octanol–water partition coefficient (Wildman–Crippen LogP) is 3.73. The first-order valence-electron chi connectivity index (χ1n) is 6.24. The minimum Gasteiger partial charge on any atom is -0.456 e. The average molecular weight is 335 g/mol. The van der Waals surface area contributed by atoms with Gasteiger partial charge in [-0.25, -0.2) is 4.39 Å². The first-order chi connectivity index (χ1) is 9.74. The van der Waals surface area contributed by atoms with Crippen molar-refractivity contribution in [2.45, 2.75) is 0 Å². The maximum Gasteiger partial charge on any atom is 0.141 e. The lowest BCUT2D eigenvalue weighted by molar-refractivity contribution is 0.475. The fourth-order valence-electron chi connectivity index (χ4n) is 2.01. The molecule has 2 aromatic rings. The van der Waals surface area contributed by atoms with Gasteiger partial charge < -0.3 is 10.1 Å². The van der Waals surface area contributed by atoms with Crippen molar-refractivity contribution in [1.82, 2.24) is 5.32 Å². The first kappa shape index (κ1) is 13.1. The Bertz CT molecular complexity index is 655. The van der Waals surface area contributed by atoms with E-state index in [0.29, 0.717) is 29.4 Å². The summed E-state index contributed by atoms with van der Waals surface area (Å²) in [7, 11) is 0. The van der Waals surface area contributed by atoms with Gasteiger partial charge in [0.05, 0.1) is 12.1 Å². The molecule has 0 amide bonds. The van der Waals surface area contributed by atoms with Gasteiger partial charge in [-0.3, -0.25) is 4.99 Å². The van der Waals surface area contributed by atoms with Gasteiger partial charge in [0, 0.05) is 11.0 Å². The molecular weight excluding hydrogens is 323 g/mol. The van der Waals surface area contributed by atoms with Gasteiger partial charge in [0.25, 0.3) is 0 Å². The smallest absolute Gasteiger partial charge is 0.141 e. The van der Waals surface area contributed by atoms with Crippen molar-refractivity contribution in [2.24, 2.45) is 4.99 Å². The second kappa shape index (κ2) is 5.63. The Balaban J connectivity index is 1.96. The number of ether oxygens (including phenoxy) is 1. The van der Waals surface area contributed by atoms with Crippen LogP contribution in [0.25, 0.3) is 0 Å². The summed E-state index contributed by atoms with van der Waals surface area (Å²) in [6.45, 7) is 1.38. The number of halogens is 2. The minimum atomic E-state index is -0.340. The van der Waals surface area contributed by atoms with E-state index in [-0.39, 0.29) is 5.82 Å². The van der Waals surface area contributed by atoms with Gasteiger partial charge in [0.1, 0.15) is 23.2 Å². The van der Waals surface area contributed by atoms with Gasteiger partial charge in [-0.05, 0) is 36.4 Å². The zero-order valence-electron chi connectivity index (χ0n) is 10.6. The van der Waals surface area contributed by atoms with E-state index in [0.717, 1.165) is 11.0 Å². The molecule has 0 atom stereocenters. The largest absolute Gasteiger partial charge is 0.456 e. The van der Waals surface area contributed by atoms with E-state index in [1.807, 2.05) is 24.3 Å². The van der Waals surface area contributed by atoms with E-state index in [1.165, 1.54) is 6.07 Å². The quantitative estimate of drug-likeness (QED) is 0.927. The summed E-state index contributed by atoms with van der Waals surface area (Å²) < 4.78 is 20.8. The number of hydrogen-bond acceptors (Lipinski definition) is 3. The van der Waals surface area contributed by atoms with Gasteiger partial charge in [-0.15, -0.1) is 0 Å². The first-order valence-corrected chi connectivity index (χ1v) is 7.04. The van der Waals surface area contributed by atoms with Crippen molar-refractivity contribution in [3.63, 3.8) is 0 Å². The third-order valence-corrected chi connectivity index (χ3v) is 3.46. The highest BCUT2D eigenvalue weighted by Gasteiger charge is 2.18.